The zero-order chi connectivity index (χ0) is 78.6. The van der Waals surface area contributed by atoms with Gasteiger partial charge in [0.25, 0.3) is 0 Å². The highest BCUT2D eigenvalue weighted by molar-refractivity contribution is 8.00. The minimum absolute atomic E-state index is 0.0863. The first kappa shape index (κ1) is 87.8. The first-order valence-electron chi connectivity index (χ1n) is 35.8. The lowest BCUT2D eigenvalue weighted by Crippen LogP contribution is -2.54. The zero-order valence-corrected chi connectivity index (χ0v) is 62.4. The standard InChI is InChI=1S/C31H46N6O8S.C23H39N5O6S.C14H28N4O3/c1-19(2)27(36-25(39)10-6-5-7-16-37-26(40)17-24(46-4)30(37)43)29(42)35-23(9-8-15-33-31(32)44)28(41)34-22-13-11-21(12-14-22)18-45-20(3)38;1-14(2)20(21(32)26-16(15(3)29)9-8-11-25-23(24)34)27-18(30)10-6-5-7-12-28-19(31)13-17(35-4)22(28)33;1-5-16-12(9(2)3)13(20)18-11(10(4)19)7-6-8-17-14(15)21/h11-14,19,23-24,27H,5-10,15-18H2,1-4H3,(H,34,41)(H,35,42)(H,36,39)(H3,32,33,44);14,16-17,20H,5-13H2,1-4H3,(H,26,32)(H,27,30)(H3,24,25,34);9,11-12,16H,5-8H2,1-4H3,(H,18,20)(H3,15,17,21)/t23-,24?,27-;16-,17?,20-;11-,12-/m000/s1/i;3D;4D. The Hall–Kier alpha value is -8.40. The van der Waals surface area contributed by atoms with Crippen molar-refractivity contribution >= 4 is 124 Å². The summed E-state index contributed by atoms with van der Waals surface area (Å²) >= 11 is 2.74. The van der Waals surface area contributed by atoms with Gasteiger partial charge in [-0.05, 0) is 133 Å². The number of thioether (sulfide) groups is 2. The highest BCUT2D eigenvalue weighted by atomic mass is 32.2. The summed E-state index contributed by atoms with van der Waals surface area (Å²) in [6.45, 7) is 15.4. The molecule has 2 aliphatic rings. The molecule has 0 saturated carbocycles. The Morgan fingerprint density at radius 2 is 0.892 bits per heavy atom. The molecule has 2 aliphatic heterocycles. The van der Waals surface area contributed by atoms with Crippen LogP contribution in [0.4, 0.5) is 20.1 Å². The van der Waals surface area contributed by atoms with E-state index in [1.54, 1.807) is 64.5 Å². The minimum atomic E-state index is -0.984. The van der Waals surface area contributed by atoms with Crippen molar-refractivity contribution in [2.24, 2.45) is 35.0 Å². The number of benzene rings is 1. The Bertz CT molecular complexity index is 3010. The molecule has 2 saturated heterocycles. The Balaban J connectivity index is 0.000000830. The molecule has 16 amide bonds. The van der Waals surface area contributed by atoms with Crippen LogP contribution in [0, 0.1) is 17.8 Å². The number of nitrogens with two attached hydrogens (primary N) is 3. The van der Waals surface area contributed by atoms with Crippen LogP contribution in [0.1, 0.15) is 180 Å². The van der Waals surface area contributed by atoms with Crippen molar-refractivity contribution in [3.63, 3.8) is 0 Å². The average molecular weight is 1480 g/mol. The van der Waals surface area contributed by atoms with Gasteiger partial charge < -0.3 is 75.1 Å². The number of ketones is 2. The molecule has 2 heterocycles. The predicted octanol–water partition coefficient (Wildman–Crippen LogP) is 2.66. The van der Waals surface area contributed by atoms with Gasteiger partial charge in [-0.3, -0.25) is 72.1 Å². The van der Waals surface area contributed by atoms with Crippen molar-refractivity contribution < 1.29 is 84.2 Å². The number of nitrogens with one attached hydrogen (secondary N) is 10. The fourth-order valence-electron chi connectivity index (χ4n) is 10.4. The van der Waals surface area contributed by atoms with E-state index >= 15 is 0 Å². The number of carbonyl (C=O) groups is 16. The first-order valence-corrected chi connectivity index (χ1v) is 37.0. The van der Waals surface area contributed by atoms with Crippen LogP contribution in [0.25, 0.3) is 0 Å². The molecule has 1 aromatic carbocycles. The number of nitrogens with zero attached hydrogens (tertiary/aromatic N) is 2. The van der Waals surface area contributed by atoms with Crippen LogP contribution < -0.4 is 70.4 Å². The van der Waals surface area contributed by atoms with E-state index in [-0.39, 0.29) is 147 Å². The topological polar surface area (TPSA) is 487 Å². The van der Waals surface area contributed by atoms with E-state index in [1.165, 1.54) is 40.2 Å². The molecule has 574 valence electrons. The number of hydrogen-bond donors (Lipinski definition) is 13. The Labute approximate surface area is 610 Å². The van der Waals surface area contributed by atoms with Crippen molar-refractivity contribution in [2.45, 2.75) is 225 Å². The quantitative estimate of drug-likeness (QED) is 0.0254. The normalized spacial score (nSPS) is 16.0. The first-order chi connectivity index (χ1) is 49.2. The van der Waals surface area contributed by atoms with E-state index in [0.717, 1.165) is 5.56 Å². The molecular weight excluding hydrogens is 1360 g/mol. The van der Waals surface area contributed by atoms with Crippen molar-refractivity contribution in [3.8, 4) is 0 Å². The van der Waals surface area contributed by atoms with Gasteiger partial charge in [0.15, 0.2) is 11.6 Å². The largest absolute Gasteiger partial charge is 0.461 e. The minimum Gasteiger partial charge on any atom is -0.461 e. The maximum Gasteiger partial charge on any atom is 0.312 e. The van der Waals surface area contributed by atoms with E-state index in [2.05, 4.69) is 53.2 Å². The summed E-state index contributed by atoms with van der Waals surface area (Å²) in [5, 5.41) is 26.1. The number of hydrogen-bond acceptors (Lipinski definition) is 20. The van der Waals surface area contributed by atoms with Crippen LogP contribution in [0.3, 0.4) is 0 Å². The molecule has 2 fully saturated rings. The lowest BCUT2D eigenvalue weighted by atomic mass is 10.0. The Morgan fingerprint density at radius 1 is 0.520 bits per heavy atom. The zero-order valence-electron chi connectivity index (χ0n) is 62.7. The summed E-state index contributed by atoms with van der Waals surface area (Å²) in [6.07, 6.45) is 9.88. The van der Waals surface area contributed by atoms with Gasteiger partial charge in [0.2, 0.25) is 59.1 Å². The average Bonchev–Trinajstić information content (AvgIpc) is 1.68. The molecule has 0 radical (unpaired) electrons. The number of unbranched alkanes of at least 4 members (excludes halogenated alkanes) is 4. The van der Waals surface area contributed by atoms with E-state index in [1.807, 2.05) is 20.8 Å². The van der Waals surface area contributed by atoms with Crippen LogP contribution in [0.2, 0.25) is 0 Å². The number of amides is 16. The van der Waals surface area contributed by atoms with E-state index in [0.29, 0.717) is 96.1 Å². The molecule has 0 bridgehead atoms. The van der Waals surface area contributed by atoms with Crippen LogP contribution >= 0.6 is 23.5 Å². The third-order valence-electron chi connectivity index (χ3n) is 16.1. The number of anilines is 1. The van der Waals surface area contributed by atoms with Gasteiger partial charge in [-0.2, -0.15) is 23.5 Å². The Morgan fingerprint density at radius 3 is 1.23 bits per heavy atom. The van der Waals surface area contributed by atoms with Gasteiger partial charge in [0.1, 0.15) is 24.7 Å². The summed E-state index contributed by atoms with van der Waals surface area (Å²) in [5.41, 5.74) is 16.3. The lowest BCUT2D eigenvalue weighted by molar-refractivity contribution is -0.142. The summed E-state index contributed by atoms with van der Waals surface area (Å²) in [6, 6.07) is -0.0795. The van der Waals surface area contributed by atoms with Crippen molar-refractivity contribution in [3.05, 3.63) is 29.8 Å². The fourth-order valence-corrected chi connectivity index (χ4v) is 11.6. The highest BCUT2D eigenvalue weighted by Crippen LogP contribution is 2.25. The number of likely N-dealkylation sites (N-methyl/N-ethyl adjacent to an activating group) is 1. The molecule has 32 nitrogen and oxygen atoms in total. The van der Waals surface area contributed by atoms with E-state index < -0.39 is 84.7 Å². The van der Waals surface area contributed by atoms with Crippen molar-refractivity contribution in [2.75, 3.05) is 57.1 Å². The molecular formula is C68H113N15O17S2. The van der Waals surface area contributed by atoms with Crippen LogP contribution in [-0.2, 0) is 73.7 Å². The SMILES string of the molecule is CSC1CC(=O)N(CCCCCC(=O)N[C@H](C(=O)N[C@@H](CCCNC(N)=O)C(=O)Nc2ccc(COC(C)=O)cc2)C(C)C)C1=O.[2H]CC(=O)[C@H](CCCNC(N)=O)NC(=O)[C@@H](NC(=O)CCCCCN1C(=O)CC(SC)C1=O)C(C)C.[2H]CC(=O)[C@H](CCCNC(N)=O)NC(=O)[C@@H](NCC)C(C)C. The number of Topliss-reactive ketones (excluding diaryl/α,β-unsaturated/α-hetero) is 2. The highest BCUT2D eigenvalue weighted by Gasteiger charge is 2.39. The number of urea groups is 3. The van der Waals surface area contributed by atoms with Gasteiger partial charge in [-0.1, -0.05) is 73.4 Å². The summed E-state index contributed by atoms with van der Waals surface area (Å²) < 4.78 is 19.5. The van der Waals surface area contributed by atoms with Crippen LogP contribution in [-0.4, -0.2) is 203 Å². The number of primary amides is 3. The molecule has 0 spiro atoms. The fraction of sp³-hybridized carbons (Fsp3) is 0.676. The molecule has 8 atom stereocenters. The third kappa shape index (κ3) is 37.0. The molecule has 0 aliphatic carbocycles. The molecule has 0 aromatic heterocycles. The summed E-state index contributed by atoms with van der Waals surface area (Å²) in [4.78, 5) is 195. The predicted molar refractivity (Wildman–Crippen MR) is 388 cm³/mol. The Kier molecular flexibility index (Phi) is 43.1. The second-order valence-electron chi connectivity index (χ2n) is 25.5. The molecule has 1 aromatic rings. The van der Waals surface area contributed by atoms with Crippen molar-refractivity contribution in [1.29, 1.82) is 0 Å². The monoisotopic (exact) mass is 1480 g/mol. The number of imide groups is 2. The molecule has 2 unspecified atom stereocenters. The maximum atomic E-state index is 13.3. The number of esters is 1. The van der Waals surface area contributed by atoms with Gasteiger partial charge in [0, 0.05) is 73.8 Å². The van der Waals surface area contributed by atoms with E-state index in [4.69, 9.17) is 24.7 Å². The molecule has 102 heavy (non-hydrogen) atoms. The lowest BCUT2D eigenvalue weighted by Gasteiger charge is -2.25. The van der Waals surface area contributed by atoms with Crippen molar-refractivity contribution in [1.82, 2.24) is 57.7 Å². The van der Waals surface area contributed by atoms with E-state index in [9.17, 15) is 76.7 Å². The molecule has 16 N–H and O–H groups in total. The number of ether oxygens (including phenoxy) is 1. The van der Waals surface area contributed by atoms with Gasteiger partial charge in [0.05, 0.1) is 28.6 Å². The van der Waals surface area contributed by atoms with Gasteiger partial charge in [-0.25, -0.2) is 14.4 Å². The maximum absolute atomic E-state index is 13.3. The number of likely N-dealkylation sites (tertiary alicyclic amines) is 2. The van der Waals surface area contributed by atoms with Gasteiger partial charge >= 0.3 is 24.1 Å². The molecule has 34 heteroatoms. The smallest absolute Gasteiger partial charge is 0.312 e. The van der Waals surface area contributed by atoms with Crippen LogP contribution in [0.15, 0.2) is 24.3 Å². The van der Waals surface area contributed by atoms with Crippen LogP contribution in [0.5, 0.6) is 0 Å². The second kappa shape index (κ2) is 50.0. The summed E-state index contributed by atoms with van der Waals surface area (Å²) in [5.74, 6) is -4.71. The number of rotatable bonds is 45. The summed E-state index contributed by atoms with van der Waals surface area (Å²) in [7, 11) is 0. The number of carbonyl (C=O) groups excluding carboxylic acids is 16. The van der Waals surface area contributed by atoms with Gasteiger partial charge in [-0.15, -0.1) is 0 Å². The third-order valence-corrected chi connectivity index (χ3v) is 17.9. The second-order valence-corrected chi connectivity index (χ2v) is 27.6. The molecule has 3 rings (SSSR count).